The van der Waals surface area contributed by atoms with Gasteiger partial charge >= 0.3 is 5.97 Å². The Labute approximate surface area is 138 Å². The maximum absolute atomic E-state index is 12.3. The first-order valence-corrected chi connectivity index (χ1v) is 8.48. The maximum atomic E-state index is 12.3. The van der Waals surface area contributed by atoms with Gasteiger partial charge in [-0.05, 0) is 56.7 Å². The second-order valence-electron chi connectivity index (χ2n) is 6.78. The molecule has 1 heterocycles. The van der Waals surface area contributed by atoms with E-state index in [2.05, 4.69) is 27.7 Å². The largest absolute Gasteiger partial charge is 0.452 e. The molecule has 1 aliphatic rings. The first-order valence-electron chi connectivity index (χ1n) is 8.48. The molecule has 0 spiro atoms. The van der Waals surface area contributed by atoms with E-state index in [-0.39, 0.29) is 24.6 Å². The first-order chi connectivity index (χ1) is 10.9. The molecule has 2 atom stereocenters. The van der Waals surface area contributed by atoms with Crippen molar-refractivity contribution in [3.05, 3.63) is 35.4 Å². The first kappa shape index (κ1) is 17.5. The smallest absolute Gasteiger partial charge is 0.338 e. The minimum atomic E-state index is -0.439. The van der Waals surface area contributed by atoms with Crippen LogP contribution in [0.3, 0.4) is 0 Å². The van der Waals surface area contributed by atoms with Gasteiger partial charge in [-0.3, -0.25) is 4.79 Å². The van der Waals surface area contributed by atoms with Crippen LogP contribution in [0.1, 0.15) is 68.8 Å². The summed E-state index contributed by atoms with van der Waals surface area (Å²) >= 11 is 0. The van der Waals surface area contributed by atoms with Crippen molar-refractivity contribution in [2.24, 2.45) is 0 Å². The number of amides is 1. The van der Waals surface area contributed by atoms with Crippen molar-refractivity contribution in [2.75, 3.05) is 6.61 Å². The monoisotopic (exact) mass is 317 g/mol. The fourth-order valence-electron chi connectivity index (χ4n) is 3.20. The molecule has 126 valence electrons. The second-order valence-corrected chi connectivity index (χ2v) is 6.78. The number of esters is 1. The molecule has 0 aromatic heterocycles. The number of carbonyl (C=O) groups is 2. The lowest BCUT2D eigenvalue weighted by molar-refractivity contribution is -0.140. The number of likely N-dealkylation sites (tertiary alicyclic amines) is 1. The number of nitrogens with zero attached hydrogens (tertiary/aromatic N) is 1. The van der Waals surface area contributed by atoms with Crippen LogP contribution in [0.5, 0.6) is 0 Å². The van der Waals surface area contributed by atoms with Gasteiger partial charge in [0.1, 0.15) is 0 Å². The van der Waals surface area contributed by atoms with Gasteiger partial charge in [-0.2, -0.15) is 0 Å². The van der Waals surface area contributed by atoms with Crippen LogP contribution in [0.25, 0.3) is 0 Å². The van der Waals surface area contributed by atoms with Gasteiger partial charge in [0.2, 0.25) is 0 Å². The molecule has 1 aromatic carbocycles. The zero-order valence-corrected chi connectivity index (χ0v) is 14.5. The number of hydrogen-bond acceptors (Lipinski definition) is 3. The summed E-state index contributed by atoms with van der Waals surface area (Å²) in [7, 11) is 0. The molecule has 4 heteroatoms. The highest BCUT2D eigenvalue weighted by atomic mass is 16.5. The predicted molar refractivity (Wildman–Crippen MR) is 90.4 cm³/mol. The van der Waals surface area contributed by atoms with Crippen molar-refractivity contribution in [3.63, 3.8) is 0 Å². The van der Waals surface area contributed by atoms with Crippen LogP contribution in [0, 0.1) is 0 Å². The van der Waals surface area contributed by atoms with E-state index < -0.39 is 5.97 Å². The van der Waals surface area contributed by atoms with E-state index in [1.54, 1.807) is 12.1 Å². The van der Waals surface area contributed by atoms with Gasteiger partial charge in [-0.1, -0.05) is 26.0 Å². The fourth-order valence-corrected chi connectivity index (χ4v) is 3.20. The average Bonchev–Trinajstić information content (AvgIpc) is 2.52. The molecule has 23 heavy (non-hydrogen) atoms. The molecule has 1 aliphatic heterocycles. The van der Waals surface area contributed by atoms with Gasteiger partial charge < -0.3 is 9.64 Å². The average molecular weight is 317 g/mol. The van der Waals surface area contributed by atoms with Crippen LogP contribution in [0.4, 0.5) is 0 Å². The van der Waals surface area contributed by atoms with E-state index in [9.17, 15) is 9.59 Å². The molecular weight excluding hydrogens is 290 g/mol. The molecule has 0 bridgehead atoms. The van der Waals surface area contributed by atoms with Crippen molar-refractivity contribution in [2.45, 2.75) is 65.0 Å². The van der Waals surface area contributed by atoms with E-state index in [0.29, 0.717) is 11.5 Å². The highest BCUT2D eigenvalue weighted by molar-refractivity contribution is 5.91. The van der Waals surface area contributed by atoms with Gasteiger partial charge in [-0.25, -0.2) is 4.79 Å². The minimum Gasteiger partial charge on any atom is -0.452 e. The number of benzene rings is 1. The van der Waals surface area contributed by atoms with Gasteiger partial charge in [0.15, 0.2) is 6.61 Å². The lowest BCUT2D eigenvalue weighted by Crippen LogP contribution is -2.49. The summed E-state index contributed by atoms with van der Waals surface area (Å²) < 4.78 is 5.21. The molecule has 2 rings (SSSR count). The normalized spacial score (nSPS) is 21.3. The molecule has 1 saturated heterocycles. The number of carbonyl (C=O) groups excluding carboxylic acids is 2. The SMILES string of the molecule is CC(C)c1ccc(C(=O)OCC(=O)N2[C@H](C)CCC[C@H]2C)cc1. The van der Waals surface area contributed by atoms with Gasteiger partial charge in [0, 0.05) is 12.1 Å². The summed E-state index contributed by atoms with van der Waals surface area (Å²) in [5.74, 6) is -0.119. The Morgan fingerprint density at radius 3 is 2.22 bits per heavy atom. The molecule has 1 amide bonds. The standard InChI is InChI=1S/C19H27NO3/c1-13(2)16-8-10-17(11-9-16)19(22)23-12-18(21)20-14(3)6-5-7-15(20)4/h8-11,13-15H,5-7,12H2,1-4H3/t14-,15-/m1/s1. The number of hydrogen-bond donors (Lipinski definition) is 0. The summed E-state index contributed by atoms with van der Waals surface area (Å²) in [6.45, 7) is 8.14. The lowest BCUT2D eigenvalue weighted by atomic mass is 9.97. The lowest BCUT2D eigenvalue weighted by Gasteiger charge is -2.38. The third-order valence-corrected chi connectivity index (χ3v) is 4.62. The quantitative estimate of drug-likeness (QED) is 0.794. The maximum Gasteiger partial charge on any atom is 0.338 e. The molecular formula is C19H27NO3. The third kappa shape index (κ3) is 4.34. The Kier molecular flexibility index (Phi) is 5.80. The summed E-state index contributed by atoms with van der Waals surface area (Å²) in [5.41, 5.74) is 1.66. The van der Waals surface area contributed by atoms with E-state index >= 15 is 0 Å². The number of ether oxygens (including phenoxy) is 1. The van der Waals surface area contributed by atoms with Gasteiger partial charge in [0.05, 0.1) is 5.56 Å². The summed E-state index contributed by atoms with van der Waals surface area (Å²) in [4.78, 5) is 26.3. The topological polar surface area (TPSA) is 46.6 Å². The minimum absolute atomic E-state index is 0.100. The van der Waals surface area contributed by atoms with Crippen molar-refractivity contribution >= 4 is 11.9 Å². The predicted octanol–water partition coefficient (Wildman–Crippen LogP) is 3.76. The zero-order valence-electron chi connectivity index (χ0n) is 14.5. The van der Waals surface area contributed by atoms with Crippen LogP contribution in [0.15, 0.2) is 24.3 Å². The van der Waals surface area contributed by atoms with Crippen LogP contribution < -0.4 is 0 Å². The Balaban J connectivity index is 1.91. The van der Waals surface area contributed by atoms with E-state index in [0.717, 1.165) is 19.3 Å². The Morgan fingerprint density at radius 1 is 1.13 bits per heavy atom. The van der Waals surface area contributed by atoms with Crippen LogP contribution >= 0.6 is 0 Å². The Hall–Kier alpha value is -1.84. The van der Waals surface area contributed by atoms with Crippen LogP contribution in [-0.2, 0) is 9.53 Å². The van der Waals surface area contributed by atoms with E-state index in [1.807, 2.05) is 17.0 Å². The van der Waals surface area contributed by atoms with Gasteiger partial charge in [-0.15, -0.1) is 0 Å². The summed E-state index contributed by atoms with van der Waals surface area (Å²) in [6.07, 6.45) is 3.18. The molecule has 0 radical (unpaired) electrons. The third-order valence-electron chi connectivity index (χ3n) is 4.62. The highest BCUT2D eigenvalue weighted by Crippen LogP contribution is 2.22. The Morgan fingerprint density at radius 2 is 1.70 bits per heavy atom. The molecule has 1 aromatic rings. The number of piperidine rings is 1. The van der Waals surface area contributed by atoms with Crippen LogP contribution in [-0.4, -0.2) is 35.5 Å². The van der Waals surface area contributed by atoms with Crippen molar-refractivity contribution in [1.82, 2.24) is 4.90 Å². The summed E-state index contributed by atoms with van der Waals surface area (Å²) in [6, 6.07) is 7.81. The van der Waals surface area contributed by atoms with E-state index in [4.69, 9.17) is 4.74 Å². The van der Waals surface area contributed by atoms with Gasteiger partial charge in [0.25, 0.3) is 5.91 Å². The molecule has 0 aliphatic carbocycles. The Bertz CT molecular complexity index is 540. The molecule has 0 saturated carbocycles. The second kappa shape index (κ2) is 7.62. The summed E-state index contributed by atoms with van der Waals surface area (Å²) in [5, 5.41) is 0. The van der Waals surface area contributed by atoms with Crippen molar-refractivity contribution in [1.29, 1.82) is 0 Å². The van der Waals surface area contributed by atoms with Crippen molar-refractivity contribution < 1.29 is 14.3 Å². The van der Waals surface area contributed by atoms with Crippen LogP contribution in [0.2, 0.25) is 0 Å². The molecule has 1 fully saturated rings. The van der Waals surface area contributed by atoms with E-state index in [1.165, 1.54) is 5.56 Å². The number of rotatable bonds is 4. The molecule has 0 unspecified atom stereocenters. The molecule has 0 N–H and O–H groups in total. The van der Waals surface area contributed by atoms with Crippen molar-refractivity contribution in [3.8, 4) is 0 Å². The fraction of sp³-hybridized carbons (Fsp3) is 0.579. The molecule has 4 nitrogen and oxygen atoms in total. The zero-order chi connectivity index (χ0) is 17.0. The highest BCUT2D eigenvalue weighted by Gasteiger charge is 2.29.